The van der Waals surface area contributed by atoms with Crippen LogP contribution in [0.4, 0.5) is 0 Å². The minimum atomic E-state index is -3.40. The number of hydrogen-bond donors (Lipinski definition) is 1. The van der Waals surface area contributed by atoms with Gasteiger partial charge in [-0.3, -0.25) is 0 Å². The van der Waals surface area contributed by atoms with Gasteiger partial charge in [-0.25, -0.2) is 13.6 Å². The number of hydrogen-bond acceptors (Lipinski definition) is 3. The molecule has 5 heteroatoms. The van der Waals surface area contributed by atoms with E-state index < -0.39 is 10.0 Å². The third kappa shape index (κ3) is 2.43. The van der Waals surface area contributed by atoms with Crippen molar-refractivity contribution >= 4 is 10.0 Å². The number of rotatable bonds is 2. The smallest absolute Gasteiger partial charge is 0.211 e. The second-order valence-corrected chi connectivity index (χ2v) is 5.59. The number of nitrogens with two attached hydrogens (primary N) is 1. The van der Waals surface area contributed by atoms with Crippen LogP contribution in [-0.2, 0) is 14.8 Å². The average Bonchev–Trinajstić information content (AvgIpc) is 2.07. The Morgan fingerprint density at radius 1 is 1.58 bits per heavy atom. The molecule has 0 aromatic carbocycles. The predicted molar refractivity (Wildman–Crippen MR) is 46.1 cm³/mol. The standard InChI is InChI=1S/C7H15NO3S/c1-7(2)3-4-11-6(7)5-12(8,9)10/h6H,3-5H2,1-2H3,(H2,8,9,10). The summed E-state index contributed by atoms with van der Waals surface area (Å²) in [7, 11) is -3.40. The molecule has 0 spiro atoms. The van der Waals surface area contributed by atoms with E-state index in [1.54, 1.807) is 0 Å². The summed E-state index contributed by atoms with van der Waals surface area (Å²) in [6, 6.07) is 0. The van der Waals surface area contributed by atoms with E-state index in [9.17, 15) is 8.42 Å². The molecule has 0 aromatic rings. The van der Waals surface area contributed by atoms with Crippen molar-refractivity contribution in [2.75, 3.05) is 12.4 Å². The first kappa shape index (κ1) is 9.95. The van der Waals surface area contributed by atoms with Crippen molar-refractivity contribution in [3.63, 3.8) is 0 Å². The third-order valence-corrected chi connectivity index (χ3v) is 3.09. The van der Waals surface area contributed by atoms with Crippen molar-refractivity contribution in [2.24, 2.45) is 10.6 Å². The zero-order chi connectivity index (χ0) is 9.41. The van der Waals surface area contributed by atoms with Crippen molar-refractivity contribution in [2.45, 2.75) is 26.4 Å². The number of primary sulfonamides is 1. The van der Waals surface area contributed by atoms with E-state index in [0.717, 1.165) is 6.42 Å². The first-order valence-corrected chi connectivity index (χ1v) is 5.65. The van der Waals surface area contributed by atoms with Gasteiger partial charge in [0.15, 0.2) is 0 Å². The maximum absolute atomic E-state index is 10.8. The van der Waals surface area contributed by atoms with Gasteiger partial charge in [-0.15, -0.1) is 0 Å². The summed E-state index contributed by atoms with van der Waals surface area (Å²) in [6.07, 6.45) is 0.653. The van der Waals surface area contributed by atoms with Crippen LogP contribution in [-0.4, -0.2) is 26.9 Å². The van der Waals surface area contributed by atoms with Crippen molar-refractivity contribution in [1.82, 2.24) is 0 Å². The molecule has 1 aliphatic heterocycles. The van der Waals surface area contributed by atoms with Crippen molar-refractivity contribution < 1.29 is 13.2 Å². The maximum Gasteiger partial charge on any atom is 0.211 e. The largest absolute Gasteiger partial charge is 0.377 e. The summed E-state index contributed by atoms with van der Waals surface area (Å²) < 4.78 is 26.8. The molecule has 1 heterocycles. The topological polar surface area (TPSA) is 69.4 Å². The van der Waals surface area contributed by atoms with E-state index in [-0.39, 0.29) is 17.3 Å². The van der Waals surface area contributed by atoms with E-state index in [0.29, 0.717) is 6.61 Å². The molecule has 0 saturated carbocycles. The summed E-state index contributed by atoms with van der Waals surface area (Å²) in [5, 5.41) is 4.93. The van der Waals surface area contributed by atoms with E-state index in [4.69, 9.17) is 9.88 Å². The van der Waals surface area contributed by atoms with E-state index in [1.807, 2.05) is 13.8 Å². The van der Waals surface area contributed by atoms with Crippen LogP contribution in [0, 0.1) is 5.41 Å². The normalized spacial score (nSPS) is 29.1. The molecule has 72 valence electrons. The first-order valence-electron chi connectivity index (χ1n) is 3.93. The maximum atomic E-state index is 10.8. The van der Waals surface area contributed by atoms with Crippen LogP contribution in [0.1, 0.15) is 20.3 Å². The average molecular weight is 193 g/mol. The molecule has 0 aromatic heterocycles. The van der Waals surface area contributed by atoms with Gasteiger partial charge >= 0.3 is 0 Å². The van der Waals surface area contributed by atoms with Crippen LogP contribution in [0.5, 0.6) is 0 Å². The quantitative estimate of drug-likeness (QED) is 0.675. The molecule has 1 aliphatic rings. The predicted octanol–water partition coefficient (Wildman–Crippen LogP) is 0.0900. The Morgan fingerprint density at radius 3 is 2.50 bits per heavy atom. The fourth-order valence-corrected chi connectivity index (χ4v) is 2.30. The monoisotopic (exact) mass is 193 g/mol. The molecule has 2 N–H and O–H groups in total. The molecule has 0 aliphatic carbocycles. The van der Waals surface area contributed by atoms with Gasteiger partial charge in [-0.2, -0.15) is 0 Å². The third-order valence-electron chi connectivity index (χ3n) is 2.32. The molecule has 0 bridgehead atoms. The van der Waals surface area contributed by atoms with Crippen LogP contribution in [0.25, 0.3) is 0 Å². The molecule has 0 amide bonds. The summed E-state index contributed by atoms with van der Waals surface area (Å²) >= 11 is 0. The Hall–Kier alpha value is -0.130. The van der Waals surface area contributed by atoms with Crippen LogP contribution < -0.4 is 5.14 Å². The van der Waals surface area contributed by atoms with Crippen molar-refractivity contribution in [1.29, 1.82) is 0 Å². The second kappa shape index (κ2) is 2.97. The summed E-state index contributed by atoms with van der Waals surface area (Å²) in [6.45, 7) is 4.62. The molecule has 12 heavy (non-hydrogen) atoms. The Labute approximate surface area is 73.1 Å². The summed E-state index contributed by atoms with van der Waals surface area (Å²) in [5.74, 6) is -0.0694. The van der Waals surface area contributed by atoms with Crippen LogP contribution in [0.3, 0.4) is 0 Å². The fourth-order valence-electron chi connectivity index (χ4n) is 1.34. The highest BCUT2D eigenvalue weighted by molar-refractivity contribution is 7.89. The van der Waals surface area contributed by atoms with Crippen LogP contribution in [0.2, 0.25) is 0 Å². The van der Waals surface area contributed by atoms with Crippen molar-refractivity contribution in [3.05, 3.63) is 0 Å². The fraction of sp³-hybridized carbons (Fsp3) is 1.00. The van der Waals surface area contributed by atoms with Crippen LogP contribution in [0.15, 0.2) is 0 Å². The van der Waals surface area contributed by atoms with E-state index >= 15 is 0 Å². The van der Waals surface area contributed by atoms with Gasteiger partial charge in [0, 0.05) is 6.61 Å². The zero-order valence-corrected chi connectivity index (χ0v) is 8.23. The molecule has 1 atom stereocenters. The number of ether oxygens (including phenoxy) is 1. The molecule has 1 saturated heterocycles. The van der Waals surface area contributed by atoms with E-state index in [2.05, 4.69) is 0 Å². The zero-order valence-electron chi connectivity index (χ0n) is 7.41. The molecule has 0 radical (unpaired) electrons. The molecule has 1 fully saturated rings. The lowest BCUT2D eigenvalue weighted by Crippen LogP contribution is -2.34. The summed E-state index contributed by atoms with van der Waals surface area (Å²) in [4.78, 5) is 0. The van der Waals surface area contributed by atoms with Crippen molar-refractivity contribution in [3.8, 4) is 0 Å². The minimum absolute atomic E-state index is 0.0631. The lowest BCUT2D eigenvalue weighted by Gasteiger charge is -2.23. The minimum Gasteiger partial charge on any atom is -0.377 e. The SMILES string of the molecule is CC1(C)CCOC1CS(N)(=O)=O. The molecule has 1 unspecified atom stereocenters. The lowest BCUT2D eigenvalue weighted by atomic mass is 9.87. The van der Waals surface area contributed by atoms with Gasteiger partial charge in [0.05, 0.1) is 11.9 Å². The number of sulfonamides is 1. The molecular weight excluding hydrogens is 178 g/mol. The summed E-state index contributed by atoms with van der Waals surface area (Å²) in [5.41, 5.74) is -0.0631. The van der Waals surface area contributed by atoms with Gasteiger partial charge in [-0.1, -0.05) is 13.8 Å². The van der Waals surface area contributed by atoms with Gasteiger partial charge in [0.25, 0.3) is 0 Å². The second-order valence-electron chi connectivity index (χ2n) is 3.93. The van der Waals surface area contributed by atoms with Gasteiger partial charge < -0.3 is 4.74 Å². The molecule has 4 nitrogen and oxygen atoms in total. The van der Waals surface area contributed by atoms with Gasteiger partial charge in [-0.05, 0) is 11.8 Å². The Kier molecular flexibility index (Phi) is 2.47. The molecule has 1 rings (SSSR count). The Morgan fingerprint density at radius 2 is 2.17 bits per heavy atom. The highest BCUT2D eigenvalue weighted by atomic mass is 32.2. The Bertz CT molecular complexity index is 258. The van der Waals surface area contributed by atoms with Gasteiger partial charge in [0.2, 0.25) is 10.0 Å². The van der Waals surface area contributed by atoms with E-state index in [1.165, 1.54) is 0 Å². The lowest BCUT2D eigenvalue weighted by molar-refractivity contribution is 0.0821. The first-order chi connectivity index (χ1) is 5.31. The van der Waals surface area contributed by atoms with Gasteiger partial charge in [0.1, 0.15) is 0 Å². The highest BCUT2D eigenvalue weighted by Crippen LogP contribution is 2.34. The molecular formula is C7H15NO3S. The van der Waals surface area contributed by atoms with Crippen LogP contribution >= 0.6 is 0 Å². The highest BCUT2D eigenvalue weighted by Gasteiger charge is 2.37. The Balaban J connectivity index is 2.65.